The molecule has 2 fully saturated rings. The fourth-order valence-corrected chi connectivity index (χ4v) is 6.12. The van der Waals surface area contributed by atoms with Gasteiger partial charge in [-0.15, -0.1) is 0 Å². The summed E-state index contributed by atoms with van der Waals surface area (Å²) in [6.45, 7) is 1.16. The zero-order chi connectivity index (χ0) is 30.6. The highest BCUT2D eigenvalue weighted by atomic mass is 19.1. The Morgan fingerprint density at radius 3 is 2.49 bits per heavy atom. The van der Waals surface area contributed by atoms with Crippen LogP contribution >= 0.6 is 0 Å². The highest BCUT2D eigenvalue weighted by Crippen LogP contribution is 2.47. The van der Waals surface area contributed by atoms with Gasteiger partial charge in [0.15, 0.2) is 11.4 Å². The summed E-state index contributed by atoms with van der Waals surface area (Å²) in [5.74, 6) is -5.94. The third-order valence-electron chi connectivity index (χ3n) is 8.41. The minimum Gasteiger partial charge on any atom is -0.483 e. The number of ether oxygens (including phenoxy) is 1. The van der Waals surface area contributed by atoms with Crippen molar-refractivity contribution in [1.82, 2.24) is 14.5 Å². The van der Waals surface area contributed by atoms with Crippen LogP contribution in [0.5, 0.6) is 5.75 Å². The van der Waals surface area contributed by atoms with Gasteiger partial charge in [-0.25, -0.2) is 18.2 Å². The summed E-state index contributed by atoms with van der Waals surface area (Å²) in [6, 6.07) is 8.77. The summed E-state index contributed by atoms with van der Waals surface area (Å²) < 4.78 is 49.8. The van der Waals surface area contributed by atoms with Crippen LogP contribution in [-0.4, -0.2) is 50.4 Å². The van der Waals surface area contributed by atoms with Crippen LogP contribution in [0.1, 0.15) is 64.2 Å². The van der Waals surface area contributed by atoms with Gasteiger partial charge in [-0.1, -0.05) is 30.3 Å². The van der Waals surface area contributed by atoms with E-state index in [1.165, 1.54) is 10.8 Å². The van der Waals surface area contributed by atoms with Crippen molar-refractivity contribution >= 4 is 17.7 Å². The van der Waals surface area contributed by atoms with Gasteiger partial charge in [-0.05, 0) is 25.3 Å². The number of nitrogens with two attached hydrogens (primary N) is 1. The van der Waals surface area contributed by atoms with Crippen molar-refractivity contribution < 1.29 is 37.1 Å². The zero-order valence-corrected chi connectivity index (χ0v) is 23.0. The average Bonchev–Trinajstić information content (AvgIpc) is 3.22. The number of carbonyl (C=O) groups excluding carboxylic acids is 3. The number of nitrogens with zero attached hydrogens (tertiary/aromatic N) is 3. The lowest BCUT2D eigenvalue weighted by molar-refractivity contribution is -0.218. The Morgan fingerprint density at radius 1 is 1.12 bits per heavy atom. The minimum absolute atomic E-state index is 0.0482. The summed E-state index contributed by atoms with van der Waals surface area (Å²) in [6.07, 6.45) is 1.60. The molecule has 3 aliphatic heterocycles. The third kappa shape index (κ3) is 4.83. The minimum atomic E-state index is -1.33. The molecule has 10 nitrogen and oxygen atoms in total. The van der Waals surface area contributed by atoms with Crippen molar-refractivity contribution in [3.63, 3.8) is 0 Å². The molecule has 6 rings (SSSR count). The predicted molar refractivity (Wildman–Crippen MR) is 144 cm³/mol. The van der Waals surface area contributed by atoms with Crippen LogP contribution in [0.3, 0.4) is 0 Å². The van der Waals surface area contributed by atoms with E-state index >= 15 is 0 Å². The topological polar surface area (TPSA) is 124 Å². The molecule has 224 valence electrons. The Hall–Kier alpha value is -4.65. The number of halogens is 3. The predicted octanol–water partition coefficient (Wildman–Crippen LogP) is 3.23. The molecule has 2 N–H and O–H groups in total. The molecule has 0 radical (unpaired) electrons. The van der Waals surface area contributed by atoms with Crippen LogP contribution in [-0.2, 0) is 22.8 Å². The summed E-state index contributed by atoms with van der Waals surface area (Å²) >= 11 is 0. The van der Waals surface area contributed by atoms with Gasteiger partial charge in [0.25, 0.3) is 11.8 Å². The number of aromatic nitrogens is 1. The molecule has 0 saturated carbocycles. The molecule has 13 heteroatoms. The molecule has 3 aromatic rings. The molecule has 3 atom stereocenters. The monoisotopic (exact) mass is 596 g/mol. The second kappa shape index (κ2) is 10.6. The van der Waals surface area contributed by atoms with Gasteiger partial charge in [0.1, 0.15) is 35.2 Å². The zero-order valence-electron chi connectivity index (χ0n) is 23.0. The largest absolute Gasteiger partial charge is 0.483 e. The lowest BCUT2D eigenvalue weighted by Crippen LogP contribution is -2.52. The molecule has 43 heavy (non-hydrogen) atoms. The maximum absolute atomic E-state index is 14.5. The molecule has 2 saturated heterocycles. The van der Waals surface area contributed by atoms with Gasteiger partial charge in [0.05, 0.1) is 19.0 Å². The van der Waals surface area contributed by atoms with Crippen molar-refractivity contribution in [3.05, 3.63) is 98.7 Å². The molecular formula is C30H27F3N4O6. The number of benzene rings is 2. The number of hydroxylamine groups is 2. The molecular weight excluding hydrogens is 569 g/mol. The summed E-state index contributed by atoms with van der Waals surface area (Å²) in [5.41, 5.74) is 2.99. The van der Waals surface area contributed by atoms with Gasteiger partial charge in [-0.3, -0.25) is 24.0 Å². The highest BCUT2D eigenvalue weighted by Gasteiger charge is 2.56. The van der Waals surface area contributed by atoms with Crippen molar-refractivity contribution in [2.75, 3.05) is 6.54 Å². The standard InChI is InChI=1S/C30H27F3N4O6/c1-16-7-8-30(11-24(38)37(43-30)13-19-21(32)9-18(31)10-22(19)33)23-14-35(16)29(41)25-27(42-15-17-5-3-2-4-6-17)26(39)20(28(34)40)12-36(23)25/h2-6,9-10,12,16,23H,7-8,11,13-15H2,1H3,(H2,34,40)/t16-,23+,30+/m0/s1. The van der Waals surface area contributed by atoms with Gasteiger partial charge < -0.3 is 19.9 Å². The maximum atomic E-state index is 14.5. The number of pyridine rings is 1. The van der Waals surface area contributed by atoms with Crippen LogP contribution in [0.15, 0.2) is 53.5 Å². The van der Waals surface area contributed by atoms with Gasteiger partial charge >= 0.3 is 0 Å². The van der Waals surface area contributed by atoms with Crippen LogP contribution in [0.4, 0.5) is 13.2 Å². The fraction of sp³-hybridized carbons (Fsp3) is 0.333. The SMILES string of the molecule is C[C@H]1CC[C@@]2(CC(=O)N(Cc3c(F)cc(F)cc3F)O2)[C@H]2CN1C(=O)c1c(OCc3ccccc3)c(=O)c(C(N)=O)cn12. The van der Waals surface area contributed by atoms with Crippen LogP contribution in [0, 0.1) is 17.5 Å². The number of fused-ring (bicyclic) bond motifs is 5. The normalized spacial score (nSPS) is 23.0. The first-order valence-electron chi connectivity index (χ1n) is 13.7. The molecule has 1 aromatic heterocycles. The van der Waals surface area contributed by atoms with Crippen molar-refractivity contribution in [2.24, 2.45) is 5.73 Å². The third-order valence-corrected chi connectivity index (χ3v) is 8.41. The van der Waals surface area contributed by atoms with E-state index in [1.54, 1.807) is 35.2 Å². The van der Waals surface area contributed by atoms with E-state index < -0.39 is 69.9 Å². The van der Waals surface area contributed by atoms with Crippen molar-refractivity contribution in [3.8, 4) is 5.75 Å². The Bertz CT molecular complexity index is 1690. The molecule has 4 heterocycles. The quantitative estimate of drug-likeness (QED) is 0.466. The van der Waals surface area contributed by atoms with E-state index in [0.717, 1.165) is 5.06 Å². The fourth-order valence-electron chi connectivity index (χ4n) is 6.12. The summed E-state index contributed by atoms with van der Waals surface area (Å²) in [4.78, 5) is 60.7. The second-order valence-electron chi connectivity index (χ2n) is 11.1. The molecule has 3 aliphatic rings. The second-order valence-corrected chi connectivity index (χ2v) is 11.1. The van der Waals surface area contributed by atoms with E-state index in [9.17, 15) is 32.3 Å². The highest BCUT2D eigenvalue weighted by molar-refractivity contribution is 5.99. The first-order valence-corrected chi connectivity index (χ1v) is 13.7. The number of hydrogen-bond donors (Lipinski definition) is 1. The Kier molecular flexibility index (Phi) is 6.99. The first-order chi connectivity index (χ1) is 20.5. The van der Waals surface area contributed by atoms with E-state index in [4.69, 9.17) is 15.3 Å². The number of carbonyl (C=O) groups is 3. The lowest BCUT2D eigenvalue weighted by Gasteiger charge is -2.42. The van der Waals surface area contributed by atoms with Gasteiger partial charge in [-0.2, -0.15) is 0 Å². The van der Waals surface area contributed by atoms with Gasteiger partial charge in [0.2, 0.25) is 11.3 Å². The van der Waals surface area contributed by atoms with Crippen LogP contribution < -0.4 is 15.9 Å². The lowest BCUT2D eigenvalue weighted by atomic mass is 9.85. The number of amides is 3. The van der Waals surface area contributed by atoms with Crippen molar-refractivity contribution in [1.29, 1.82) is 0 Å². The number of primary amides is 1. The molecule has 1 spiro atoms. The van der Waals surface area contributed by atoms with Crippen LogP contribution in [0.25, 0.3) is 0 Å². The Labute approximate surface area is 243 Å². The van der Waals surface area contributed by atoms with E-state index in [1.807, 2.05) is 6.92 Å². The van der Waals surface area contributed by atoms with E-state index in [2.05, 4.69) is 0 Å². The molecule has 0 unspecified atom stereocenters. The van der Waals surface area contributed by atoms with E-state index in [0.29, 0.717) is 24.1 Å². The Balaban J connectivity index is 1.45. The smallest absolute Gasteiger partial charge is 0.274 e. The molecule has 2 aromatic carbocycles. The molecule has 2 bridgehead atoms. The first kappa shape index (κ1) is 28.5. The number of rotatable bonds is 6. The summed E-state index contributed by atoms with van der Waals surface area (Å²) in [5, 5.41) is 0.833. The van der Waals surface area contributed by atoms with Crippen molar-refractivity contribution in [2.45, 2.75) is 57.0 Å². The molecule has 0 aliphatic carbocycles. The average molecular weight is 597 g/mol. The number of hydrogen-bond acceptors (Lipinski definition) is 6. The summed E-state index contributed by atoms with van der Waals surface area (Å²) in [7, 11) is 0. The molecule has 3 amide bonds. The maximum Gasteiger partial charge on any atom is 0.274 e. The van der Waals surface area contributed by atoms with E-state index in [-0.39, 0.29) is 43.5 Å². The Morgan fingerprint density at radius 2 is 1.81 bits per heavy atom. The van der Waals surface area contributed by atoms with Crippen LogP contribution in [0.2, 0.25) is 0 Å². The van der Waals surface area contributed by atoms with Gasteiger partial charge in [0, 0.05) is 36.5 Å².